The van der Waals surface area contributed by atoms with Crippen LogP contribution in [0.2, 0.25) is 0 Å². The summed E-state index contributed by atoms with van der Waals surface area (Å²) in [6, 6.07) is 13.4. The highest BCUT2D eigenvalue weighted by atomic mass is 79.9. The first-order valence-electron chi connectivity index (χ1n) is 10.1. The van der Waals surface area contributed by atoms with Crippen LogP contribution in [-0.2, 0) is 0 Å². The number of carbonyl (C=O) groups excluding carboxylic acids is 1. The van der Waals surface area contributed by atoms with E-state index < -0.39 is 17.7 Å². The van der Waals surface area contributed by atoms with Gasteiger partial charge >= 0.3 is 0 Å². The van der Waals surface area contributed by atoms with Gasteiger partial charge in [-0.2, -0.15) is 5.26 Å². The van der Waals surface area contributed by atoms with Crippen LogP contribution < -0.4 is 11.1 Å². The van der Waals surface area contributed by atoms with Crippen LogP contribution in [0.25, 0.3) is 21.9 Å². The number of hydrogen-bond donors (Lipinski definition) is 3. The van der Waals surface area contributed by atoms with Gasteiger partial charge in [0.25, 0.3) is 0 Å². The zero-order valence-corrected chi connectivity index (χ0v) is 18.3. The predicted octanol–water partition coefficient (Wildman–Crippen LogP) is 4.15. The number of primary amides is 1. The van der Waals surface area contributed by atoms with Gasteiger partial charge in [0, 0.05) is 27.6 Å². The Morgan fingerprint density at radius 2 is 2.10 bits per heavy atom. The summed E-state index contributed by atoms with van der Waals surface area (Å²) in [7, 11) is 0. The third-order valence-corrected chi connectivity index (χ3v) is 6.99. The maximum atomic E-state index is 12.0. The van der Waals surface area contributed by atoms with E-state index in [4.69, 9.17) is 10.2 Å². The minimum absolute atomic E-state index is 0.258. The molecule has 1 aromatic heterocycles. The lowest BCUT2D eigenvalue weighted by atomic mass is 9.85. The smallest absolute Gasteiger partial charge is 0.248 e. The number of aliphatic hydroxyl groups excluding tert-OH is 1. The number of nitriles is 1. The second kappa shape index (κ2) is 8.03. The van der Waals surface area contributed by atoms with Crippen LogP contribution in [0.5, 0.6) is 0 Å². The molecule has 0 radical (unpaired) electrons. The quantitative estimate of drug-likeness (QED) is 0.338. The highest BCUT2D eigenvalue weighted by Gasteiger charge is 2.46. The predicted molar refractivity (Wildman–Crippen MR) is 119 cm³/mol. The Morgan fingerprint density at radius 1 is 1.37 bits per heavy atom. The molecule has 4 rings (SSSR count). The SMILES string of the molecule is C[C@H](CBr)C[C@@H](c1cc(C(N)=O)cc2oc3ccccc3c12)[C@H](O)NC1(C#N)CC1. The number of hydrogen-bond acceptors (Lipinski definition) is 5. The lowest BCUT2D eigenvalue weighted by Gasteiger charge is -2.29. The Labute approximate surface area is 183 Å². The van der Waals surface area contributed by atoms with E-state index in [9.17, 15) is 15.2 Å². The number of alkyl halides is 1. The Bertz CT molecular complexity index is 1150. The van der Waals surface area contributed by atoms with Crippen molar-refractivity contribution in [3.63, 3.8) is 0 Å². The highest BCUT2D eigenvalue weighted by molar-refractivity contribution is 9.09. The minimum Gasteiger partial charge on any atom is -0.456 e. The number of nitrogens with two attached hydrogens (primary N) is 1. The highest BCUT2D eigenvalue weighted by Crippen LogP contribution is 2.41. The molecule has 3 atom stereocenters. The lowest BCUT2D eigenvalue weighted by molar-refractivity contribution is 0.0891. The van der Waals surface area contributed by atoms with Crippen molar-refractivity contribution in [1.29, 1.82) is 5.26 Å². The third kappa shape index (κ3) is 3.83. The van der Waals surface area contributed by atoms with E-state index in [0.717, 1.165) is 21.7 Å². The minimum atomic E-state index is -0.950. The van der Waals surface area contributed by atoms with E-state index in [1.54, 1.807) is 12.1 Å². The monoisotopic (exact) mass is 469 g/mol. The van der Waals surface area contributed by atoms with E-state index in [2.05, 4.69) is 34.2 Å². The number of aliphatic hydroxyl groups is 1. The molecule has 0 spiro atoms. The van der Waals surface area contributed by atoms with Gasteiger partial charge in [-0.05, 0) is 48.9 Å². The average molecular weight is 470 g/mol. The fourth-order valence-electron chi connectivity index (χ4n) is 4.04. The molecule has 2 aromatic carbocycles. The van der Waals surface area contributed by atoms with Gasteiger partial charge in [0.05, 0.1) is 6.07 Å². The van der Waals surface area contributed by atoms with Gasteiger partial charge in [-0.15, -0.1) is 0 Å². The van der Waals surface area contributed by atoms with Gasteiger partial charge < -0.3 is 15.3 Å². The molecule has 6 nitrogen and oxygen atoms in total. The van der Waals surface area contributed by atoms with Crippen molar-refractivity contribution in [1.82, 2.24) is 5.32 Å². The maximum Gasteiger partial charge on any atom is 0.248 e. The number of halogens is 1. The molecule has 3 aromatic rings. The number of nitrogens with zero attached hydrogens (tertiary/aromatic N) is 1. The molecule has 156 valence electrons. The topological polar surface area (TPSA) is 112 Å². The van der Waals surface area contributed by atoms with Gasteiger partial charge in [-0.3, -0.25) is 10.1 Å². The fraction of sp³-hybridized carbons (Fsp3) is 0.391. The van der Waals surface area contributed by atoms with Gasteiger partial charge in [0.15, 0.2) is 0 Å². The Balaban J connectivity index is 1.90. The first-order valence-corrected chi connectivity index (χ1v) is 11.2. The van der Waals surface area contributed by atoms with E-state index >= 15 is 0 Å². The number of para-hydroxylation sites is 1. The number of amides is 1. The zero-order valence-electron chi connectivity index (χ0n) is 16.7. The van der Waals surface area contributed by atoms with E-state index in [0.29, 0.717) is 36.0 Å². The van der Waals surface area contributed by atoms with Crippen LogP contribution in [-0.4, -0.2) is 28.1 Å². The molecule has 0 bridgehead atoms. The molecule has 0 saturated heterocycles. The van der Waals surface area contributed by atoms with Crippen molar-refractivity contribution in [2.45, 2.75) is 43.9 Å². The lowest BCUT2D eigenvalue weighted by Crippen LogP contribution is -2.43. The molecule has 1 aliphatic carbocycles. The normalized spacial score (nSPS) is 18.1. The first kappa shape index (κ1) is 20.9. The van der Waals surface area contributed by atoms with E-state index in [1.165, 1.54) is 0 Å². The average Bonchev–Trinajstić information content (AvgIpc) is 3.41. The molecule has 1 amide bonds. The molecular weight excluding hydrogens is 446 g/mol. The summed E-state index contributed by atoms with van der Waals surface area (Å²) >= 11 is 3.53. The van der Waals surface area contributed by atoms with Crippen LogP contribution in [0, 0.1) is 17.2 Å². The van der Waals surface area contributed by atoms with Crippen molar-refractivity contribution in [2.24, 2.45) is 11.7 Å². The summed E-state index contributed by atoms with van der Waals surface area (Å²) in [5.41, 5.74) is 7.33. The van der Waals surface area contributed by atoms with Crippen LogP contribution in [0.15, 0.2) is 40.8 Å². The molecule has 1 saturated carbocycles. The van der Waals surface area contributed by atoms with Gasteiger partial charge in [0.2, 0.25) is 5.91 Å². The van der Waals surface area contributed by atoms with Crippen molar-refractivity contribution in [3.05, 3.63) is 47.5 Å². The van der Waals surface area contributed by atoms with Gasteiger partial charge in [-0.1, -0.05) is 41.1 Å². The standard InChI is InChI=1S/C23H24BrN3O3/c1-13(11-24)8-17(22(29)27-23(12-25)6-7-23)16-9-14(21(26)28)10-19-20(16)15-4-2-3-5-18(15)30-19/h2-5,9-10,13,17,22,27,29H,6-8,11H2,1H3,(H2,26,28)/t13-,17-,22-/m0/s1. The zero-order chi connectivity index (χ0) is 21.5. The van der Waals surface area contributed by atoms with Crippen molar-refractivity contribution >= 4 is 43.8 Å². The molecule has 30 heavy (non-hydrogen) atoms. The number of nitrogens with one attached hydrogen (secondary N) is 1. The number of furan rings is 1. The Kier molecular flexibility index (Phi) is 5.58. The number of fused-ring (bicyclic) bond motifs is 3. The fourth-order valence-corrected chi connectivity index (χ4v) is 4.30. The molecular formula is C23H24BrN3O3. The first-order chi connectivity index (χ1) is 14.4. The molecule has 0 aliphatic heterocycles. The van der Waals surface area contributed by atoms with Crippen LogP contribution in [0.3, 0.4) is 0 Å². The number of rotatable bonds is 8. The van der Waals surface area contributed by atoms with E-state index in [-0.39, 0.29) is 11.8 Å². The molecule has 7 heteroatoms. The van der Waals surface area contributed by atoms with Crippen LogP contribution >= 0.6 is 15.9 Å². The summed E-state index contributed by atoms with van der Waals surface area (Å²) in [6.45, 7) is 2.09. The summed E-state index contributed by atoms with van der Waals surface area (Å²) in [4.78, 5) is 12.0. The van der Waals surface area contributed by atoms with Crippen molar-refractivity contribution in [3.8, 4) is 6.07 Å². The Morgan fingerprint density at radius 3 is 2.73 bits per heavy atom. The summed E-state index contributed by atoms with van der Waals surface area (Å²) in [5, 5.41) is 26.3. The number of benzene rings is 2. The number of carbonyl (C=O) groups is 1. The molecule has 0 unspecified atom stereocenters. The second-order valence-corrected chi connectivity index (χ2v) is 8.93. The van der Waals surface area contributed by atoms with Crippen molar-refractivity contribution < 1.29 is 14.3 Å². The maximum absolute atomic E-state index is 12.0. The largest absolute Gasteiger partial charge is 0.456 e. The summed E-state index contributed by atoms with van der Waals surface area (Å²) in [5.74, 6) is -0.649. The third-order valence-electron chi connectivity index (χ3n) is 5.88. The Hall–Kier alpha value is -2.40. The van der Waals surface area contributed by atoms with Crippen LogP contribution in [0.1, 0.15) is 48.0 Å². The van der Waals surface area contributed by atoms with Crippen molar-refractivity contribution in [2.75, 3.05) is 5.33 Å². The van der Waals surface area contributed by atoms with Gasteiger partial charge in [-0.25, -0.2) is 0 Å². The molecule has 1 heterocycles. The second-order valence-electron chi connectivity index (χ2n) is 8.29. The van der Waals surface area contributed by atoms with Gasteiger partial charge in [0.1, 0.15) is 22.9 Å². The molecule has 1 aliphatic rings. The molecule has 4 N–H and O–H groups in total. The van der Waals surface area contributed by atoms with E-state index in [1.807, 2.05) is 24.3 Å². The summed E-state index contributed by atoms with van der Waals surface area (Å²) < 4.78 is 6.01. The molecule has 1 fully saturated rings. The summed E-state index contributed by atoms with van der Waals surface area (Å²) in [6.07, 6.45) is 1.13. The van der Waals surface area contributed by atoms with Crippen LogP contribution in [0.4, 0.5) is 0 Å².